The predicted octanol–water partition coefficient (Wildman–Crippen LogP) is 3.38. The van der Waals surface area contributed by atoms with Gasteiger partial charge in [0.2, 0.25) is 0 Å². The monoisotopic (exact) mass is 245 g/mol. The van der Waals surface area contributed by atoms with Gasteiger partial charge in [0.05, 0.1) is 6.61 Å². The van der Waals surface area contributed by atoms with Crippen molar-refractivity contribution in [1.82, 2.24) is 0 Å². The van der Waals surface area contributed by atoms with Crippen molar-refractivity contribution in [2.24, 2.45) is 5.92 Å². The lowest BCUT2D eigenvalue weighted by molar-refractivity contribution is -0.115. The fourth-order valence-electron chi connectivity index (χ4n) is 2.18. The van der Waals surface area contributed by atoms with Crippen LogP contribution in [0.2, 0.25) is 0 Å². The molecule has 0 amide bonds. The molecule has 1 N–H and O–H groups in total. The molecule has 96 valence electrons. The van der Waals surface area contributed by atoms with E-state index >= 15 is 0 Å². The number of carbonyl (C=O) groups is 1. The first-order valence-electron chi connectivity index (χ1n) is 6.40. The van der Waals surface area contributed by atoms with Gasteiger partial charge in [-0.1, -0.05) is 6.92 Å². The lowest BCUT2D eigenvalue weighted by Gasteiger charge is -2.19. The Hall–Kier alpha value is -1.77. The third-order valence-corrected chi connectivity index (χ3v) is 2.92. The van der Waals surface area contributed by atoms with Crippen LogP contribution in [0.25, 0.3) is 0 Å². The van der Waals surface area contributed by atoms with E-state index in [0.717, 1.165) is 23.6 Å². The summed E-state index contributed by atoms with van der Waals surface area (Å²) in [6.45, 7) is 4.74. The molecule has 0 saturated carbocycles. The Kier molecular flexibility index (Phi) is 4.03. The van der Waals surface area contributed by atoms with Crippen molar-refractivity contribution in [3.05, 3.63) is 36.0 Å². The van der Waals surface area contributed by atoms with Crippen molar-refractivity contribution in [2.75, 3.05) is 11.9 Å². The van der Waals surface area contributed by atoms with Crippen LogP contribution in [0.4, 0.5) is 5.69 Å². The number of carbonyl (C=O) groups excluding carboxylic acids is 1. The summed E-state index contributed by atoms with van der Waals surface area (Å²) in [5.74, 6) is 1.50. The zero-order chi connectivity index (χ0) is 13.0. The number of rotatable bonds is 4. The fourth-order valence-corrected chi connectivity index (χ4v) is 2.18. The average Bonchev–Trinajstić information content (AvgIpc) is 2.31. The van der Waals surface area contributed by atoms with Gasteiger partial charge in [0, 0.05) is 23.9 Å². The van der Waals surface area contributed by atoms with Gasteiger partial charge in [-0.05, 0) is 43.5 Å². The number of benzene rings is 1. The topological polar surface area (TPSA) is 38.3 Å². The molecule has 0 radical (unpaired) electrons. The van der Waals surface area contributed by atoms with E-state index in [1.807, 2.05) is 31.2 Å². The van der Waals surface area contributed by atoms with E-state index in [1.165, 1.54) is 0 Å². The van der Waals surface area contributed by atoms with E-state index in [2.05, 4.69) is 12.2 Å². The zero-order valence-electron chi connectivity index (χ0n) is 10.9. The van der Waals surface area contributed by atoms with E-state index in [-0.39, 0.29) is 5.78 Å². The van der Waals surface area contributed by atoms with Crippen molar-refractivity contribution in [1.29, 1.82) is 0 Å². The normalized spacial score (nSPS) is 19.3. The Labute approximate surface area is 108 Å². The lowest BCUT2D eigenvalue weighted by Crippen LogP contribution is -2.15. The number of anilines is 1. The second-order valence-electron chi connectivity index (χ2n) is 4.73. The van der Waals surface area contributed by atoms with Gasteiger partial charge in [0.15, 0.2) is 5.78 Å². The molecular weight excluding hydrogens is 226 g/mol. The third kappa shape index (κ3) is 3.36. The van der Waals surface area contributed by atoms with Crippen LogP contribution in [0, 0.1) is 5.92 Å². The fraction of sp³-hybridized carbons (Fsp3) is 0.400. The van der Waals surface area contributed by atoms with Gasteiger partial charge in [0.1, 0.15) is 5.75 Å². The Bertz CT molecular complexity index is 448. The molecule has 1 aliphatic carbocycles. The number of allylic oxidation sites excluding steroid dienone is 2. The number of hydrogen-bond donors (Lipinski definition) is 1. The molecule has 0 aliphatic heterocycles. The van der Waals surface area contributed by atoms with Crippen LogP contribution >= 0.6 is 0 Å². The second kappa shape index (κ2) is 5.71. The van der Waals surface area contributed by atoms with Gasteiger partial charge >= 0.3 is 0 Å². The Morgan fingerprint density at radius 2 is 2.00 bits per heavy atom. The largest absolute Gasteiger partial charge is 0.494 e. The molecule has 0 aromatic heterocycles. The van der Waals surface area contributed by atoms with Crippen molar-refractivity contribution in [2.45, 2.75) is 26.7 Å². The minimum absolute atomic E-state index is 0.210. The Morgan fingerprint density at radius 3 is 2.61 bits per heavy atom. The van der Waals surface area contributed by atoms with Crippen LogP contribution in [0.5, 0.6) is 5.75 Å². The lowest BCUT2D eigenvalue weighted by atomic mass is 9.93. The van der Waals surface area contributed by atoms with Gasteiger partial charge in [-0.15, -0.1) is 0 Å². The molecule has 3 heteroatoms. The third-order valence-electron chi connectivity index (χ3n) is 2.92. The highest BCUT2D eigenvalue weighted by atomic mass is 16.5. The number of hydrogen-bond acceptors (Lipinski definition) is 3. The summed E-state index contributed by atoms with van der Waals surface area (Å²) in [4.78, 5) is 11.5. The molecule has 0 unspecified atom stereocenters. The van der Waals surface area contributed by atoms with Gasteiger partial charge in [-0.3, -0.25) is 4.79 Å². The SMILES string of the molecule is CCOc1ccc(NC2=CC(=O)C[C@H](C)C2)cc1. The Morgan fingerprint density at radius 1 is 1.28 bits per heavy atom. The summed E-state index contributed by atoms with van der Waals surface area (Å²) in [7, 11) is 0. The van der Waals surface area contributed by atoms with Crippen LogP contribution in [-0.4, -0.2) is 12.4 Å². The Balaban J connectivity index is 2.03. The van der Waals surface area contributed by atoms with Crippen LogP contribution < -0.4 is 10.1 Å². The van der Waals surface area contributed by atoms with Crippen LogP contribution in [0.3, 0.4) is 0 Å². The van der Waals surface area contributed by atoms with Crippen molar-refractivity contribution < 1.29 is 9.53 Å². The first-order chi connectivity index (χ1) is 8.67. The molecule has 1 aromatic carbocycles. The van der Waals surface area contributed by atoms with Crippen LogP contribution in [0.1, 0.15) is 26.7 Å². The van der Waals surface area contributed by atoms with Crippen molar-refractivity contribution in [3.63, 3.8) is 0 Å². The highest BCUT2D eigenvalue weighted by Gasteiger charge is 2.16. The maximum atomic E-state index is 11.5. The maximum absolute atomic E-state index is 11.5. The van der Waals surface area contributed by atoms with Crippen molar-refractivity contribution >= 4 is 11.5 Å². The predicted molar refractivity (Wildman–Crippen MR) is 72.7 cm³/mol. The van der Waals surface area contributed by atoms with Gasteiger partial charge in [0.25, 0.3) is 0 Å². The van der Waals surface area contributed by atoms with Crippen molar-refractivity contribution in [3.8, 4) is 5.75 Å². The van der Waals surface area contributed by atoms with Crippen LogP contribution in [0.15, 0.2) is 36.0 Å². The number of nitrogens with one attached hydrogen (secondary N) is 1. The summed E-state index contributed by atoms with van der Waals surface area (Å²) in [6.07, 6.45) is 3.31. The standard InChI is InChI=1S/C15H19NO2/c1-3-18-15-6-4-12(5-7-15)16-13-8-11(2)9-14(17)10-13/h4-7,10-11,16H,3,8-9H2,1-2H3/t11-/m1/s1. The van der Waals surface area contributed by atoms with Gasteiger partial charge in [-0.25, -0.2) is 0 Å². The molecule has 18 heavy (non-hydrogen) atoms. The summed E-state index contributed by atoms with van der Waals surface area (Å²) in [5, 5.41) is 3.30. The van der Waals surface area contributed by atoms with E-state index in [4.69, 9.17) is 4.74 Å². The molecule has 1 aromatic rings. The van der Waals surface area contributed by atoms with E-state index in [0.29, 0.717) is 18.9 Å². The summed E-state index contributed by atoms with van der Waals surface area (Å²) in [5.41, 5.74) is 1.99. The average molecular weight is 245 g/mol. The van der Waals surface area contributed by atoms with Crippen LogP contribution in [-0.2, 0) is 4.79 Å². The number of ketones is 1. The second-order valence-corrected chi connectivity index (χ2v) is 4.73. The molecule has 0 bridgehead atoms. The molecule has 0 saturated heterocycles. The molecule has 0 fully saturated rings. The number of ether oxygens (including phenoxy) is 1. The molecule has 0 heterocycles. The molecule has 1 aliphatic rings. The van der Waals surface area contributed by atoms with Gasteiger partial charge < -0.3 is 10.1 Å². The first-order valence-corrected chi connectivity index (χ1v) is 6.40. The zero-order valence-corrected chi connectivity index (χ0v) is 10.9. The minimum Gasteiger partial charge on any atom is -0.494 e. The molecule has 3 nitrogen and oxygen atoms in total. The summed E-state index contributed by atoms with van der Waals surface area (Å²) < 4.78 is 5.39. The molecule has 0 spiro atoms. The van der Waals surface area contributed by atoms with E-state index in [9.17, 15) is 4.79 Å². The summed E-state index contributed by atoms with van der Waals surface area (Å²) >= 11 is 0. The highest BCUT2D eigenvalue weighted by Crippen LogP contribution is 2.24. The van der Waals surface area contributed by atoms with Gasteiger partial charge in [-0.2, -0.15) is 0 Å². The highest BCUT2D eigenvalue weighted by molar-refractivity contribution is 5.91. The minimum atomic E-state index is 0.210. The summed E-state index contributed by atoms with van der Waals surface area (Å²) in [6, 6.07) is 7.80. The molecule has 2 rings (SSSR count). The quantitative estimate of drug-likeness (QED) is 0.883. The molecular formula is C15H19NO2. The smallest absolute Gasteiger partial charge is 0.157 e. The van der Waals surface area contributed by atoms with E-state index < -0.39 is 0 Å². The van der Waals surface area contributed by atoms with E-state index in [1.54, 1.807) is 6.08 Å². The maximum Gasteiger partial charge on any atom is 0.157 e. The molecule has 1 atom stereocenters. The first kappa shape index (κ1) is 12.7.